The number of benzene rings is 1. The molecular formula is C14H13BrN2S3. The Morgan fingerprint density at radius 1 is 1.25 bits per heavy atom. The van der Waals surface area contributed by atoms with E-state index in [1.165, 1.54) is 8.66 Å². The minimum atomic E-state index is 0.329. The highest BCUT2D eigenvalue weighted by atomic mass is 79.9. The molecule has 0 unspecified atom stereocenters. The van der Waals surface area contributed by atoms with Crippen LogP contribution in [0.15, 0.2) is 46.3 Å². The molecule has 0 radical (unpaired) electrons. The average molecular weight is 385 g/mol. The van der Waals surface area contributed by atoms with Crippen molar-refractivity contribution < 1.29 is 0 Å². The monoisotopic (exact) mass is 384 g/mol. The molecule has 6 heteroatoms. The van der Waals surface area contributed by atoms with E-state index in [0.717, 1.165) is 23.1 Å². The minimum absolute atomic E-state index is 0.329. The molecule has 20 heavy (non-hydrogen) atoms. The lowest BCUT2D eigenvalue weighted by molar-refractivity contribution is 0.462. The fourth-order valence-corrected chi connectivity index (χ4v) is 5.40. The number of nitrogens with zero attached hydrogens (tertiary/aromatic N) is 1. The van der Waals surface area contributed by atoms with Crippen molar-refractivity contribution >= 4 is 62.0 Å². The van der Waals surface area contributed by atoms with Gasteiger partial charge in [-0.3, -0.25) is 0 Å². The van der Waals surface area contributed by atoms with Crippen molar-refractivity contribution in [3.8, 4) is 0 Å². The van der Waals surface area contributed by atoms with Crippen molar-refractivity contribution in [1.82, 2.24) is 4.90 Å². The molecule has 0 spiro atoms. The fourth-order valence-electron chi connectivity index (χ4n) is 2.09. The summed E-state index contributed by atoms with van der Waals surface area (Å²) in [7, 11) is 0. The molecule has 1 aliphatic rings. The average Bonchev–Trinajstić information content (AvgIpc) is 3.08. The molecule has 1 aromatic heterocycles. The molecule has 2 heterocycles. The van der Waals surface area contributed by atoms with Gasteiger partial charge >= 0.3 is 0 Å². The zero-order valence-electron chi connectivity index (χ0n) is 10.6. The lowest BCUT2D eigenvalue weighted by Gasteiger charge is -2.26. The predicted molar refractivity (Wildman–Crippen MR) is 96.6 cm³/mol. The Kier molecular flexibility index (Phi) is 4.65. The van der Waals surface area contributed by atoms with Crippen LogP contribution in [0.4, 0.5) is 5.69 Å². The molecule has 0 bridgehead atoms. The van der Waals surface area contributed by atoms with Crippen LogP contribution in [0.3, 0.4) is 0 Å². The second-order valence-electron chi connectivity index (χ2n) is 4.35. The number of nitrogens with one attached hydrogen (secondary N) is 1. The standard InChI is InChI=1S/C14H13BrN2S3/c15-12-7-6-11(20-12)13-17(8-9-19-13)14(18)16-10-4-2-1-3-5-10/h1-7,13H,8-9H2,(H,16,18)/t13-/m1/s1. The van der Waals surface area contributed by atoms with Crippen LogP contribution in [0.25, 0.3) is 0 Å². The van der Waals surface area contributed by atoms with Gasteiger partial charge in [0.2, 0.25) is 0 Å². The van der Waals surface area contributed by atoms with E-state index in [-0.39, 0.29) is 0 Å². The smallest absolute Gasteiger partial charge is 0.174 e. The van der Waals surface area contributed by atoms with Gasteiger partial charge in [-0.15, -0.1) is 23.1 Å². The van der Waals surface area contributed by atoms with Crippen molar-refractivity contribution in [1.29, 1.82) is 0 Å². The number of halogens is 1. The van der Waals surface area contributed by atoms with Crippen LogP contribution in [-0.4, -0.2) is 22.3 Å². The molecule has 0 saturated carbocycles. The summed E-state index contributed by atoms with van der Waals surface area (Å²) < 4.78 is 1.17. The Balaban J connectivity index is 1.73. The van der Waals surface area contributed by atoms with Crippen LogP contribution in [0, 0.1) is 0 Å². The number of hydrogen-bond donors (Lipinski definition) is 1. The maximum atomic E-state index is 5.57. The first-order valence-electron chi connectivity index (χ1n) is 6.23. The van der Waals surface area contributed by atoms with Gasteiger partial charge in [-0.2, -0.15) is 0 Å². The molecule has 1 N–H and O–H groups in total. The zero-order valence-corrected chi connectivity index (χ0v) is 14.6. The van der Waals surface area contributed by atoms with Gasteiger partial charge in [0.15, 0.2) is 5.11 Å². The van der Waals surface area contributed by atoms with E-state index in [4.69, 9.17) is 12.2 Å². The fraction of sp³-hybridized carbons (Fsp3) is 0.214. The quantitative estimate of drug-likeness (QED) is 0.735. The number of hydrogen-bond acceptors (Lipinski definition) is 3. The van der Waals surface area contributed by atoms with Crippen LogP contribution >= 0.6 is 51.2 Å². The zero-order chi connectivity index (χ0) is 13.9. The Morgan fingerprint density at radius 3 is 2.75 bits per heavy atom. The van der Waals surface area contributed by atoms with Gasteiger partial charge in [0, 0.05) is 22.9 Å². The van der Waals surface area contributed by atoms with Crippen LogP contribution in [0.5, 0.6) is 0 Å². The molecule has 1 fully saturated rings. The number of thiocarbonyl (C=S) groups is 1. The summed E-state index contributed by atoms with van der Waals surface area (Å²) in [6, 6.07) is 14.4. The van der Waals surface area contributed by atoms with E-state index in [1.807, 2.05) is 42.1 Å². The second kappa shape index (κ2) is 6.47. The van der Waals surface area contributed by atoms with Gasteiger partial charge in [-0.1, -0.05) is 18.2 Å². The third-order valence-electron chi connectivity index (χ3n) is 3.01. The largest absolute Gasteiger partial charge is 0.333 e. The normalized spacial score (nSPS) is 18.2. The van der Waals surface area contributed by atoms with Crippen LogP contribution in [0.2, 0.25) is 0 Å². The molecule has 1 atom stereocenters. The van der Waals surface area contributed by atoms with E-state index in [9.17, 15) is 0 Å². The number of thiophene rings is 1. The summed E-state index contributed by atoms with van der Waals surface area (Å²) in [5, 5.41) is 4.46. The molecule has 104 valence electrons. The third-order valence-corrected chi connectivity index (χ3v) is 6.42. The first kappa shape index (κ1) is 14.4. The predicted octanol–water partition coefficient (Wildman–Crippen LogP) is 4.96. The first-order chi connectivity index (χ1) is 9.74. The highest BCUT2D eigenvalue weighted by Crippen LogP contribution is 2.42. The lowest BCUT2D eigenvalue weighted by Crippen LogP contribution is -2.33. The SMILES string of the molecule is S=C(Nc1ccccc1)N1CCS[C@@H]1c1ccc(Br)s1. The van der Waals surface area contributed by atoms with Crippen LogP contribution < -0.4 is 5.32 Å². The van der Waals surface area contributed by atoms with E-state index in [0.29, 0.717) is 5.37 Å². The Morgan fingerprint density at radius 2 is 2.05 bits per heavy atom. The van der Waals surface area contributed by atoms with Crippen molar-refractivity contribution in [2.75, 3.05) is 17.6 Å². The van der Waals surface area contributed by atoms with E-state index in [1.54, 1.807) is 11.3 Å². The van der Waals surface area contributed by atoms with E-state index >= 15 is 0 Å². The molecule has 1 aliphatic heterocycles. The third kappa shape index (κ3) is 3.19. The number of thioether (sulfide) groups is 1. The summed E-state index contributed by atoms with van der Waals surface area (Å²) >= 11 is 12.8. The Labute approximate surface area is 140 Å². The van der Waals surface area contributed by atoms with Gasteiger partial charge in [-0.05, 0) is 52.4 Å². The maximum Gasteiger partial charge on any atom is 0.174 e. The molecule has 1 aromatic carbocycles. The summed E-state index contributed by atoms with van der Waals surface area (Å²) in [6.07, 6.45) is 0. The van der Waals surface area contributed by atoms with Gasteiger partial charge < -0.3 is 10.2 Å². The molecule has 1 saturated heterocycles. The second-order valence-corrected chi connectivity index (χ2v) is 8.42. The molecule has 0 amide bonds. The highest BCUT2D eigenvalue weighted by molar-refractivity contribution is 9.11. The summed E-state index contributed by atoms with van der Waals surface area (Å²) in [5.74, 6) is 1.11. The van der Waals surface area contributed by atoms with Gasteiger partial charge in [0.1, 0.15) is 5.37 Å². The molecule has 2 aromatic rings. The lowest BCUT2D eigenvalue weighted by atomic mass is 10.3. The van der Waals surface area contributed by atoms with Gasteiger partial charge in [-0.25, -0.2) is 0 Å². The van der Waals surface area contributed by atoms with Crippen molar-refractivity contribution in [2.24, 2.45) is 0 Å². The van der Waals surface area contributed by atoms with Crippen LogP contribution in [-0.2, 0) is 0 Å². The molecule has 3 rings (SSSR count). The number of para-hydroxylation sites is 1. The number of rotatable bonds is 2. The van der Waals surface area contributed by atoms with Crippen molar-refractivity contribution in [3.05, 3.63) is 51.1 Å². The molecule has 0 aliphatic carbocycles. The van der Waals surface area contributed by atoms with Crippen molar-refractivity contribution in [3.63, 3.8) is 0 Å². The Hall–Kier alpha value is -0.560. The van der Waals surface area contributed by atoms with Gasteiger partial charge in [0.25, 0.3) is 0 Å². The molecule has 2 nitrogen and oxygen atoms in total. The highest BCUT2D eigenvalue weighted by Gasteiger charge is 2.29. The summed E-state index contributed by atoms with van der Waals surface area (Å²) in [5.41, 5.74) is 1.04. The topological polar surface area (TPSA) is 15.3 Å². The summed E-state index contributed by atoms with van der Waals surface area (Å²) in [6.45, 7) is 0.990. The maximum absolute atomic E-state index is 5.57. The van der Waals surface area contributed by atoms with Crippen molar-refractivity contribution in [2.45, 2.75) is 5.37 Å². The van der Waals surface area contributed by atoms with E-state index < -0.39 is 0 Å². The van der Waals surface area contributed by atoms with Crippen LogP contribution in [0.1, 0.15) is 10.3 Å². The minimum Gasteiger partial charge on any atom is -0.333 e. The Bertz CT molecular complexity index is 599. The number of anilines is 1. The van der Waals surface area contributed by atoms with Gasteiger partial charge in [0.05, 0.1) is 3.79 Å². The first-order valence-corrected chi connectivity index (χ1v) is 9.30. The molecular weight excluding hydrogens is 372 g/mol. The summed E-state index contributed by atoms with van der Waals surface area (Å²) in [4.78, 5) is 3.61. The van der Waals surface area contributed by atoms with E-state index in [2.05, 4.69) is 38.3 Å².